The maximum absolute atomic E-state index is 13.3. The van der Waals surface area contributed by atoms with Gasteiger partial charge in [-0.05, 0) is 50.8 Å². The molecule has 0 N–H and O–H groups in total. The molecule has 1 aliphatic rings. The van der Waals surface area contributed by atoms with E-state index in [0.29, 0.717) is 18.2 Å². The molecule has 0 aliphatic heterocycles. The number of rotatable bonds is 7. The Bertz CT molecular complexity index is 827. The number of carbonyl (C=O) groups excluding carboxylic acids is 1. The van der Waals surface area contributed by atoms with Gasteiger partial charge in [-0.1, -0.05) is 11.6 Å². The Morgan fingerprint density at radius 1 is 1.30 bits per heavy atom. The lowest BCUT2D eigenvalue weighted by Gasteiger charge is -2.29. The summed E-state index contributed by atoms with van der Waals surface area (Å²) in [5, 5.41) is 1.67. The molecule has 1 atom stereocenters. The second-order valence-corrected chi connectivity index (χ2v) is 7.34. The van der Waals surface area contributed by atoms with Crippen LogP contribution in [0.1, 0.15) is 43.9 Å². The molecule has 0 bridgehead atoms. The molecule has 1 heterocycles. The van der Waals surface area contributed by atoms with Crippen molar-refractivity contribution in [2.45, 2.75) is 45.6 Å². The van der Waals surface area contributed by atoms with Gasteiger partial charge in [-0.2, -0.15) is 0 Å². The number of halogens is 1. The third-order valence-electron chi connectivity index (χ3n) is 5.63. The van der Waals surface area contributed by atoms with Crippen molar-refractivity contribution >= 4 is 28.4 Å². The van der Waals surface area contributed by atoms with Crippen LogP contribution < -0.4 is 4.74 Å². The highest BCUT2D eigenvalue weighted by Gasteiger charge is 2.35. The number of hydrogen-bond acceptors (Lipinski definition) is 3. The van der Waals surface area contributed by atoms with Crippen molar-refractivity contribution in [1.82, 2.24) is 9.47 Å². The number of nitrogens with zero attached hydrogens (tertiary/aromatic N) is 2. The Labute approximate surface area is 166 Å². The number of aromatic nitrogens is 1. The van der Waals surface area contributed by atoms with E-state index in [9.17, 15) is 4.79 Å². The average molecular weight is 393 g/mol. The van der Waals surface area contributed by atoms with Gasteiger partial charge in [0.2, 0.25) is 5.91 Å². The fourth-order valence-corrected chi connectivity index (χ4v) is 4.62. The van der Waals surface area contributed by atoms with Crippen LogP contribution in [0.3, 0.4) is 0 Å². The van der Waals surface area contributed by atoms with E-state index in [1.165, 1.54) is 5.69 Å². The number of amides is 1. The standard InChI is InChI=1S/C21H29ClN2O3/c1-5-23(6-2)21(25)14-8-7-9-16-18(14)19-17(27-4)11-10-15(22)20(19)24(16)12-13-26-3/h10-11,14H,5-9,12-13H2,1-4H3. The van der Waals surface area contributed by atoms with Gasteiger partial charge in [0.25, 0.3) is 0 Å². The van der Waals surface area contributed by atoms with Crippen LogP contribution in [-0.2, 0) is 22.5 Å². The first-order valence-electron chi connectivity index (χ1n) is 9.74. The highest BCUT2D eigenvalue weighted by Crippen LogP contribution is 2.45. The molecular weight excluding hydrogens is 364 g/mol. The summed E-state index contributed by atoms with van der Waals surface area (Å²) in [5.41, 5.74) is 3.26. The molecular formula is C21H29ClN2O3. The first-order chi connectivity index (χ1) is 13.1. The zero-order chi connectivity index (χ0) is 19.6. The topological polar surface area (TPSA) is 43.7 Å². The Morgan fingerprint density at radius 3 is 2.67 bits per heavy atom. The second-order valence-electron chi connectivity index (χ2n) is 6.93. The number of ether oxygens (including phenoxy) is 2. The normalized spacial score (nSPS) is 16.4. The molecule has 1 amide bonds. The van der Waals surface area contributed by atoms with Crippen molar-refractivity contribution in [3.05, 3.63) is 28.4 Å². The van der Waals surface area contributed by atoms with E-state index in [1.54, 1.807) is 14.2 Å². The quantitative estimate of drug-likeness (QED) is 0.707. The van der Waals surface area contributed by atoms with Gasteiger partial charge in [-0.25, -0.2) is 0 Å². The van der Waals surface area contributed by atoms with Crippen LogP contribution in [0.4, 0.5) is 0 Å². The van der Waals surface area contributed by atoms with E-state index in [0.717, 1.165) is 54.6 Å². The maximum atomic E-state index is 13.3. The Hall–Kier alpha value is -1.72. The van der Waals surface area contributed by atoms with E-state index >= 15 is 0 Å². The van der Waals surface area contributed by atoms with E-state index in [2.05, 4.69) is 4.57 Å². The largest absolute Gasteiger partial charge is 0.496 e. The molecule has 27 heavy (non-hydrogen) atoms. The number of hydrogen-bond donors (Lipinski definition) is 0. The molecule has 1 unspecified atom stereocenters. The van der Waals surface area contributed by atoms with Crippen molar-refractivity contribution in [2.24, 2.45) is 0 Å². The van der Waals surface area contributed by atoms with Crippen molar-refractivity contribution < 1.29 is 14.3 Å². The molecule has 0 saturated carbocycles. The summed E-state index contributed by atoms with van der Waals surface area (Å²) in [6, 6.07) is 3.78. The van der Waals surface area contributed by atoms with Gasteiger partial charge < -0.3 is 18.9 Å². The molecule has 0 saturated heterocycles. The highest BCUT2D eigenvalue weighted by molar-refractivity contribution is 6.35. The number of fused-ring (bicyclic) bond motifs is 3. The zero-order valence-electron chi connectivity index (χ0n) is 16.7. The second kappa shape index (κ2) is 8.53. The van der Waals surface area contributed by atoms with Gasteiger partial charge in [0, 0.05) is 37.8 Å². The van der Waals surface area contributed by atoms with Crippen molar-refractivity contribution in [3.8, 4) is 5.75 Å². The molecule has 1 aromatic heterocycles. The van der Waals surface area contributed by atoms with Crippen LogP contribution >= 0.6 is 11.6 Å². The van der Waals surface area contributed by atoms with Crippen LogP contribution in [-0.4, -0.2) is 49.3 Å². The third kappa shape index (κ3) is 3.43. The molecule has 0 fully saturated rings. The average Bonchev–Trinajstić information content (AvgIpc) is 3.03. The lowest BCUT2D eigenvalue weighted by atomic mass is 9.84. The minimum Gasteiger partial charge on any atom is -0.496 e. The van der Waals surface area contributed by atoms with E-state index < -0.39 is 0 Å². The van der Waals surface area contributed by atoms with Gasteiger partial charge in [-0.15, -0.1) is 0 Å². The van der Waals surface area contributed by atoms with Crippen LogP contribution in [0, 0.1) is 0 Å². The fraction of sp³-hybridized carbons (Fsp3) is 0.571. The smallest absolute Gasteiger partial charge is 0.230 e. The molecule has 6 heteroatoms. The summed E-state index contributed by atoms with van der Waals surface area (Å²) in [5.74, 6) is 0.835. The SMILES string of the molecule is CCN(CC)C(=O)C1CCCc2c1c1c(OC)ccc(Cl)c1n2CCOC. The summed E-state index contributed by atoms with van der Waals surface area (Å²) in [4.78, 5) is 15.2. The summed E-state index contributed by atoms with van der Waals surface area (Å²) >= 11 is 6.62. The van der Waals surface area contributed by atoms with Crippen molar-refractivity contribution in [1.29, 1.82) is 0 Å². The molecule has 0 radical (unpaired) electrons. The van der Waals surface area contributed by atoms with E-state index in [1.807, 2.05) is 30.9 Å². The van der Waals surface area contributed by atoms with Gasteiger partial charge in [0.1, 0.15) is 5.75 Å². The highest BCUT2D eigenvalue weighted by atomic mass is 35.5. The molecule has 0 spiro atoms. The molecule has 148 valence electrons. The summed E-state index contributed by atoms with van der Waals surface area (Å²) in [7, 11) is 3.37. The zero-order valence-corrected chi connectivity index (χ0v) is 17.4. The third-order valence-corrected chi connectivity index (χ3v) is 5.94. The molecule has 1 aromatic carbocycles. The van der Waals surface area contributed by atoms with Crippen molar-refractivity contribution in [2.75, 3.05) is 33.9 Å². The van der Waals surface area contributed by atoms with E-state index in [4.69, 9.17) is 21.1 Å². The summed E-state index contributed by atoms with van der Waals surface area (Å²) in [6.45, 7) is 6.82. The minimum absolute atomic E-state index is 0.146. The Morgan fingerprint density at radius 2 is 2.04 bits per heavy atom. The lowest BCUT2D eigenvalue weighted by Crippen LogP contribution is -2.36. The molecule has 5 nitrogen and oxygen atoms in total. The summed E-state index contributed by atoms with van der Waals surface area (Å²) in [6.07, 6.45) is 2.80. The predicted molar refractivity (Wildman–Crippen MR) is 109 cm³/mol. The maximum Gasteiger partial charge on any atom is 0.230 e. The van der Waals surface area contributed by atoms with Crippen LogP contribution in [0.5, 0.6) is 5.75 Å². The van der Waals surface area contributed by atoms with Gasteiger partial charge in [0.05, 0.1) is 30.2 Å². The number of carbonyl (C=O) groups is 1. The van der Waals surface area contributed by atoms with Crippen molar-refractivity contribution in [3.63, 3.8) is 0 Å². The number of likely N-dealkylation sites (N-methyl/N-ethyl adjacent to an activating group) is 1. The fourth-order valence-electron chi connectivity index (χ4n) is 4.36. The van der Waals surface area contributed by atoms with Crippen LogP contribution in [0.15, 0.2) is 12.1 Å². The minimum atomic E-state index is -0.146. The first kappa shape index (κ1) is 20.0. The Balaban J connectivity index is 2.26. The van der Waals surface area contributed by atoms with E-state index in [-0.39, 0.29) is 11.8 Å². The van der Waals surface area contributed by atoms with Gasteiger partial charge in [0.15, 0.2) is 0 Å². The number of benzene rings is 1. The first-order valence-corrected chi connectivity index (χ1v) is 10.1. The van der Waals surface area contributed by atoms with Gasteiger partial charge in [-0.3, -0.25) is 4.79 Å². The predicted octanol–water partition coefficient (Wildman–Crippen LogP) is 4.24. The Kier molecular flexibility index (Phi) is 6.33. The molecule has 3 rings (SSSR count). The summed E-state index contributed by atoms with van der Waals surface area (Å²) < 4.78 is 13.2. The van der Waals surface area contributed by atoms with Crippen LogP contribution in [0.25, 0.3) is 10.9 Å². The lowest BCUT2D eigenvalue weighted by molar-refractivity contribution is -0.132. The van der Waals surface area contributed by atoms with Crippen LogP contribution in [0.2, 0.25) is 5.02 Å². The molecule has 1 aliphatic carbocycles. The molecule has 2 aromatic rings. The number of methoxy groups -OCH3 is 2. The monoisotopic (exact) mass is 392 g/mol. The van der Waals surface area contributed by atoms with Gasteiger partial charge >= 0.3 is 0 Å².